The summed E-state index contributed by atoms with van der Waals surface area (Å²) in [6, 6.07) is 6.52. The molecule has 8 heteroatoms. The molecule has 1 N–H and O–H groups in total. The molecule has 156 valence electrons. The van der Waals surface area contributed by atoms with Crippen molar-refractivity contribution in [3.05, 3.63) is 24.3 Å². The highest BCUT2D eigenvalue weighted by atomic mass is 32.2. The summed E-state index contributed by atoms with van der Waals surface area (Å²) in [7, 11) is -3.45. The fraction of sp³-hybridized carbons (Fsp3) is 0.650. The number of anilines is 1. The summed E-state index contributed by atoms with van der Waals surface area (Å²) < 4.78 is 27.1. The number of piperidine rings is 1. The summed E-state index contributed by atoms with van der Waals surface area (Å²) in [6.45, 7) is 10.6. The van der Waals surface area contributed by atoms with Gasteiger partial charge in [0.05, 0.1) is 11.4 Å². The number of sulfonamides is 1. The number of carbonyl (C=O) groups excluding carboxylic acids is 1. The molecule has 2 aliphatic rings. The van der Waals surface area contributed by atoms with Crippen LogP contribution < -0.4 is 5.32 Å². The van der Waals surface area contributed by atoms with Crippen LogP contribution in [-0.2, 0) is 14.8 Å². The van der Waals surface area contributed by atoms with Crippen molar-refractivity contribution in [3.63, 3.8) is 0 Å². The van der Waals surface area contributed by atoms with E-state index in [4.69, 9.17) is 0 Å². The average Bonchev–Trinajstić information content (AvgIpc) is 2.69. The fourth-order valence-corrected chi connectivity index (χ4v) is 5.22. The average molecular weight is 409 g/mol. The van der Waals surface area contributed by atoms with Crippen LogP contribution >= 0.6 is 0 Å². The maximum absolute atomic E-state index is 12.8. The molecule has 7 nitrogen and oxygen atoms in total. The van der Waals surface area contributed by atoms with E-state index in [2.05, 4.69) is 29.0 Å². The van der Waals surface area contributed by atoms with E-state index in [0.29, 0.717) is 31.2 Å². The van der Waals surface area contributed by atoms with Crippen molar-refractivity contribution in [2.24, 2.45) is 5.92 Å². The zero-order valence-electron chi connectivity index (χ0n) is 16.9. The number of nitrogens with zero attached hydrogens (tertiary/aromatic N) is 3. The predicted molar refractivity (Wildman–Crippen MR) is 111 cm³/mol. The van der Waals surface area contributed by atoms with E-state index in [0.717, 1.165) is 45.6 Å². The van der Waals surface area contributed by atoms with Crippen molar-refractivity contribution in [1.82, 2.24) is 14.1 Å². The van der Waals surface area contributed by atoms with Gasteiger partial charge in [0.25, 0.3) is 0 Å². The largest absolute Gasteiger partial charge is 0.325 e. The number of amides is 1. The van der Waals surface area contributed by atoms with Crippen LogP contribution in [0.1, 0.15) is 26.7 Å². The topological polar surface area (TPSA) is 73.0 Å². The Morgan fingerprint density at radius 3 is 2.14 bits per heavy atom. The first-order valence-corrected chi connectivity index (χ1v) is 11.7. The molecule has 0 bridgehead atoms. The third-order valence-electron chi connectivity index (χ3n) is 5.80. The van der Waals surface area contributed by atoms with Crippen LogP contribution in [-0.4, -0.2) is 80.8 Å². The third kappa shape index (κ3) is 5.31. The number of benzene rings is 1. The minimum absolute atomic E-state index is 0.0643. The van der Waals surface area contributed by atoms with Crippen LogP contribution in [0.3, 0.4) is 0 Å². The second-order valence-corrected chi connectivity index (χ2v) is 9.81. The second kappa shape index (κ2) is 9.35. The Morgan fingerprint density at radius 1 is 1.00 bits per heavy atom. The van der Waals surface area contributed by atoms with Gasteiger partial charge in [-0.3, -0.25) is 9.69 Å². The Morgan fingerprint density at radius 2 is 1.57 bits per heavy atom. The van der Waals surface area contributed by atoms with Crippen molar-refractivity contribution < 1.29 is 13.2 Å². The minimum Gasteiger partial charge on any atom is -0.325 e. The molecular formula is C20H32N4O3S. The Labute approximate surface area is 168 Å². The van der Waals surface area contributed by atoms with Gasteiger partial charge >= 0.3 is 0 Å². The van der Waals surface area contributed by atoms with Gasteiger partial charge in [-0.05, 0) is 49.6 Å². The first-order chi connectivity index (χ1) is 13.4. The van der Waals surface area contributed by atoms with Crippen molar-refractivity contribution in [3.8, 4) is 0 Å². The van der Waals surface area contributed by atoms with Crippen molar-refractivity contribution in [2.45, 2.75) is 31.6 Å². The highest BCUT2D eigenvalue weighted by molar-refractivity contribution is 7.89. The molecule has 3 rings (SSSR count). The second-order valence-electron chi connectivity index (χ2n) is 7.87. The molecule has 28 heavy (non-hydrogen) atoms. The van der Waals surface area contributed by atoms with Crippen molar-refractivity contribution >= 4 is 21.6 Å². The maximum Gasteiger partial charge on any atom is 0.243 e. The quantitative estimate of drug-likeness (QED) is 0.775. The van der Waals surface area contributed by atoms with Gasteiger partial charge in [-0.25, -0.2) is 8.42 Å². The Bertz CT molecular complexity index is 750. The highest BCUT2D eigenvalue weighted by Crippen LogP contribution is 2.24. The van der Waals surface area contributed by atoms with Crippen molar-refractivity contribution in [2.75, 3.05) is 57.7 Å². The van der Waals surface area contributed by atoms with Gasteiger partial charge in [-0.2, -0.15) is 4.31 Å². The Hall–Kier alpha value is -1.48. The summed E-state index contributed by atoms with van der Waals surface area (Å²) in [5.74, 6) is 0.513. The van der Waals surface area contributed by atoms with Gasteiger partial charge < -0.3 is 10.2 Å². The molecule has 2 fully saturated rings. The van der Waals surface area contributed by atoms with Gasteiger partial charge in [-0.1, -0.05) is 13.8 Å². The first kappa shape index (κ1) is 21.2. The van der Waals surface area contributed by atoms with E-state index < -0.39 is 10.0 Å². The smallest absolute Gasteiger partial charge is 0.243 e. The monoisotopic (exact) mass is 408 g/mol. The minimum atomic E-state index is -3.45. The lowest BCUT2D eigenvalue weighted by atomic mass is 10.0. The highest BCUT2D eigenvalue weighted by Gasteiger charge is 2.28. The molecule has 0 spiro atoms. The molecule has 1 aromatic carbocycles. The maximum atomic E-state index is 12.8. The molecule has 0 aliphatic carbocycles. The normalized spacial score (nSPS) is 20.9. The molecule has 1 aromatic rings. The molecule has 0 radical (unpaired) electrons. The summed E-state index contributed by atoms with van der Waals surface area (Å²) >= 11 is 0. The predicted octanol–water partition coefficient (Wildman–Crippen LogP) is 1.68. The van der Waals surface area contributed by atoms with Gasteiger partial charge in [0.15, 0.2) is 0 Å². The summed E-state index contributed by atoms with van der Waals surface area (Å²) in [4.78, 5) is 17.1. The zero-order valence-corrected chi connectivity index (χ0v) is 17.7. The Balaban J connectivity index is 1.53. The lowest BCUT2D eigenvalue weighted by Gasteiger charge is -2.33. The summed E-state index contributed by atoms with van der Waals surface area (Å²) in [5.41, 5.74) is 0.628. The molecule has 0 atom stereocenters. The van der Waals surface area contributed by atoms with E-state index in [1.807, 2.05) is 0 Å². The molecule has 1 amide bonds. The zero-order chi connectivity index (χ0) is 20.1. The standard InChI is InChI=1S/C20H32N4O3S/c1-3-22-12-14-23(15-13-22)16-20(25)21-18-4-6-19(7-5-18)28(26,27)24-10-8-17(2)9-11-24/h4-7,17H,3,8-16H2,1-2H3,(H,21,25). The number of carbonyl (C=O) groups is 1. The van der Waals surface area contributed by atoms with E-state index in [9.17, 15) is 13.2 Å². The van der Waals surface area contributed by atoms with Crippen LogP contribution in [0.2, 0.25) is 0 Å². The molecule has 2 aliphatic heterocycles. The molecule has 0 unspecified atom stereocenters. The number of nitrogens with one attached hydrogen (secondary N) is 1. The molecular weight excluding hydrogens is 376 g/mol. The summed E-state index contributed by atoms with van der Waals surface area (Å²) in [5, 5.41) is 2.88. The van der Waals surface area contributed by atoms with E-state index in [1.54, 1.807) is 28.6 Å². The van der Waals surface area contributed by atoms with Gasteiger partial charge in [0, 0.05) is 45.0 Å². The SMILES string of the molecule is CCN1CCN(CC(=O)Nc2ccc(S(=O)(=O)N3CCC(C)CC3)cc2)CC1. The third-order valence-corrected chi connectivity index (χ3v) is 7.71. The number of hydrogen-bond donors (Lipinski definition) is 1. The van der Waals surface area contributed by atoms with E-state index in [-0.39, 0.29) is 10.8 Å². The summed E-state index contributed by atoms with van der Waals surface area (Å²) in [6.07, 6.45) is 1.81. The number of likely N-dealkylation sites (N-methyl/N-ethyl adjacent to an activating group) is 1. The molecule has 2 heterocycles. The molecule has 0 saturated carbocycles. The van der Waals surface area contributed by atoms with Gasteiger partial charge in [-0.15, -0.1) is 0 Å². The van der Waals surface area contributed by atoms with Crippen LogP contribution in [0, 0.1) is 5.92 Å². The lowest BCUT2D eigenvalue weighted by Crippen LogP contribution is -2.48. The number of piperazine rings is 1. The Kier molecular flexibility index (Phi) is 7.09. The number of hydrogen-bond acceptors (Lipinski definition) is 5. The van der Waals surface area contributed by atoms with E-state index >= 15 is 0 Å². The van der Waals surface area contributed by atoms with Gasteiger partial charge in [0.1, 0.15) is 0 Å². The molecule has 0 aromatic heterocycles. The van der Waals surface area contributed by atoms with Crippen LogP contribution in [0.25, 0.3) is 0 Å². The van der Waals surface area contributed by atoms with Crippen LogP contribution in [0.5, 0.6) is 0 Å². The lowest BCUT2D eigenvalue weighted by molar-refractivity contribution is -0.117. The number of rotatable bonds is 6. The van der Waals surface area contributed by atoms with Crippen LogP contribution in [0.15, 0.2) is 29.2 Å². The van der Waals surface area contributed by atoms with Crippen LogP contribution in [0.4, 0.5) is 5.69 Å². The first-order valence-electron chi connectivity index (χ1n) is 10.2. The van der Waals surface area contributed by atoms with E-state index in [1.165, 1.54) is 0 Å². The molecule has 2 saturated heterocycles. The van der Waals surface area contributed by atoms with Crippen molar-refractivity contribution in [1.29, 1.82) is 0 Å². The fourth-order valence-electron chi connectivity index (χ4n) is 3.75. The van der Waals surface area contributed by atoms with Gasteiger partial charge in [0.2, 0.25) is 15.9 Å².